The largest absolute Gasteiger partial charge is 0.390 e. The monoisotopic (exact) mass is 428 g/mol. The molecule has 0 bridgehead atoms. The molecule has 170 valence electrons. The number of aliphatic hydroxyl groups excluding tert-OH is 1. The number of benzene rings is 1. The van der Waals surface area contributed by atoms with Gasteiger partial charge in [0.1, 0.15) is 0 Å². The van der Waals surface area contributed by atoms with E-state index in [4.69, 9.17) is 4.74 Å². The SMILES string of the molecule is CCCCN(CC(O)CNC(=O)c1cnc2ccccc2c1)CC(C)N1CCOCC1. The maximum atomic E-state index is 12.5. The molecule has 2 heterocycles. The molecule has 2 aromatic rings. The van der Waals surface area contributed by atoms with Crippen LogP contribution in [0.2, 0.25) is 0 Å². The van der Waals surface area contributed by atoms with Crippen molar-refractivity contribution in [1.82, 2.24) is 20.1 Å². The Morgan fingerprint density at radius 2 is 2.06 bits per heavy atom. The fraction of sp³-hybridized carbons (Fsp3) is 0.583. The molecule has 2 unspecified atom stereocenters. The lowest BCUT2D eigenvalue weighted by molar-refractivity contribution is 0.00838. The number of nitrogens with zero attached hydrogens (tertiary/aromatic N) is 3. The molecular weight excluding hydrogens is 392 g/mol. The Balaban J connectivity index is 1.50. The fourth-order valence-corrected chi connectivity index (χ4v) is 4.02. The van der Waals surface area contributed by atoms with Crippen LogP contribution < -0.4 is 5.32 Å². The highest BCUT2D eigenvalue weighted by Crippen LogP contribution is 2.13. The fourth-order valence-electron chi connectivity index (χ4n) is 4.02. The number of pyridine rings is 1. The third-order valence-electron chi connectivity index (χ3n) is 5.84. The van der Waals surface area contributed by atoms with E-state index in [0.717, 1.165) is 63.1 Å². The van der Waals surface area contributed by atoms with Crippen LogP contribution in [0.3, 0.4) is 0 Å². The third kappa shape index (κ3) is 7.25. The first-order valence-corrected chi connectivity index (χ1v) is 11.4. The molecule has 1 aromatic carbocycles. The molecule has 1 saturated heterocycles. The summed E-state index contributed by atoms with van der Waals surface area (Å²) in [6.07, 6.45) is 3.18. The molecule has 7 heteroatoms. The molecule has 2 atom stereocenters. The van der Waals surface area contributed by atoms with Crippen molar-refractivity contribution in [3.8, 4) is 0 Å². The lowest BCUT2D eigenvalue weighted by Gasteiger charge is -2.36. The van der Waals surface area contributed by atoms with Gasteiger partial charge in [0.25, 0.3) is 5.91 Å². The topological polar surface area (TPSA) is 77.9 Å². The van der Waals surface area contributed by atoms with Gasteiger partial charge in [0.05, 0.1) is 30.4 Å². The zero-order valence-corrected chi connectivity index (χ0v) is 18.8. The second-order valence-electron chi connectivity index (χ2n) is 8.39. The average molecular weight is 429 g/mol. The maximum absolute atomic E-state index is 12.5. The van der Waals surface area contributed by atoms with Crippen molar-refractivity contribution in [2.45, 2.75) is 38.8 Å². The van der Waals surface area contributed by atoms with Crippen LogP contribution in [0, 0.1) is 0 Å². The number of aliphatic hydroxyl groups is 1. The molecule has 2 N–H and O–H groups in total. The molecule has 3 rings (SSSR count). The van der Waals surface area contributed by atoms with Gasteiger partial charge in [-0.25, -0.2) is 0 Å². The number of nitrogens with one attached hydrogen (secondary N) is 1. The molecule has 0 aliphatic carbocycles. The van der Waals surface area contributed by atoms with Gasteiger partial charge in [0, 0.05) is 50.3 Å². The number of carbonyl (C=O) groups is 1. The smallest absolute Gasteiger partial charge is 0.252 e. The van der Waals surface area contributed by atoms with Crippen molar-refractivity contribution in [2.24, 2.45) is 0 Å². The van der Waals surface area contributed by atoms with E-state index in [1.807, 2.05) is 30.3 Å². The van der Waals surface area contributed by atoms with Gasteiger partial charge in [-0.2, -0.15) is 0 Å². The number of hydrogen-bond donors (Lipinski definition) is 2. The van der Waals surface area contributed by atoms with Crippen molar-refractivity contribution >= 4 is 16.8 Å². The minimum absolute atomic E-state index is 0.209. The standard InChI is InChI=1S/C24H36N4O3/c1-3-4-9-27(17-19(2)28-10-12-31-13-11-28)18-22(29)16-26-24(30)21-14-20-7-5-6-8-23(20)25-15-21/h5-8,14-15,19,22,29H,3-4,9-13,16-18H2,1-2H3,(H,26,30). The Morgan fingerprint density at radius 3 is 2.84 bits per heavy atom. The number of carbonyl (C=O) groups excluding carboxylic acids is 1. The summed E-state index contributed by atoms with van der Waals surface area (Å²) < 4.78 is 5.46. The second-order valence-corrected chi connectivity index (χ2v) is 8.39. The summed E-state index contributed by atoms with van der Waals surface area (Å²) in [4.78, 5) is 21.6. The van der Waals surface area contributed by atoms with Crippen LogP contribution >= 0.6 is 0 Å². The molecule has 1 aliphatic heterocycles. The summed E-state index contributed by atoms with van der Waals surface area (Å²) in [5, 5.41) is 14.4. The normalized spacial score (nSPS) is 17.0. The van der Waals surface area contributed by atoms with Gasteiger partial charge in [-0.1, -0.05) is 31.5 Å². The summed E-state index contributed by atoms with van der Waals surface area (Å²) in [5.41, 5.74) is 1.37. The second kappa shape index (κ2) is 12.1. The Bertz CT molecular complexity index is 825. The van der Waals surface area contributed by atoms with Gasteiger partial charge in [0.2, 0.25) is 0 Å². The third-order valence-corrected chi connectivity index (χ3v) is 5.84. The van der Waals surface area contributed by atoms with Crippen LogP contribution in [-0.4, -0.2) is 90.4 Å². The van der Waals surface area contributed by atoms with E-state index in [-0.39, 0.29) is 12.5 Å². The predicted octanol–water partition coefficient (Wildman–Crippen LogP) is 2.15. The van der Waals surface area contributed by atoms with E-state index in [1.165, 1.54) is 0 Å². The molecule has 1 fully saturated rings. The van der Waals surface area contributed by atoms with Crippen molar-refractivity contribution < 1.29 is 14.6 Å². The maximum Gasteiger partial charge on any atom is 0.252 e. The lowest BCUT2D eigenvalue weighted by atomic mass is 10.1. The summed E-state index contributed by atoms with van der Waals surface area (Å²) in [7, 11) is 0. The predicted molar refractivity (Wildman–Crippen MR) is 123 cm³/mol. The van der Waals surface area contributed by atoms with E-state index >= 15 is 0 Å². The summed E-state index contributed by atoms with van der Waals surface area (Å²) in [6, 6.07) is 9.96. The van der Waals surface area contributed by atoms with Gasteiger partial charge >= 0.3 is 0 Å². The van der Waals surface area contributed by atoms with Crippen LogP contribution in [0.4, 0.5) is 0 Å². The van der Waals surface area contributed by atoms with Crippen molar-refractivity contribution in [3.05, 3.63) is 42.1 Å². The zero-order valence-electron chi connectivity index (χ0n) is 18.8. The Hall–Kier alpha value is -2.06. The highest BCUT2D eigenvalue weighted by Gasteiger charge is 2.21. The zero-order chi connectivity index (χ0) is 22.1. The molecular formula is C24H36N4O3. The number of rotatable bonds is 11. The molecule has 7 nitrogen and oxygen atoms in total. The van der Waals surface area contributed by atoms with Crippen molar-refractivity contribution in [3.63, 3.8) is 0 Å². The number of para-hydroxylation sites is 1. The number of fused-ring (bicyclic) bond motifs is 1. The number of aromatic nitrogens is 1. The Kier molecular flexibility index (Phi) is 9.21. The molecule has 1 aliphatic rings. The van der Waals surface area contributed by atoms with Crippen LogP contribution in [0.15, 0.2) is 36.5 Å². The van der Waals surface area contributed by atoms with E-state index in [2.05, 4.69) is 33.9 Å². The number of amides is 1. The van der Waals surface area contributed by atoms with Gasteiger partial charge in [0.15, 0.2) is 0 Å². The first-order chi connectivity index (χ1) is 15.1. The average Bonchev–Trinajstić information content (AvgIpc) is 2.81. The molecule has 1 aromatic heterocycles. The van der Waals surface area contributed by atoms with Crippen LogP contribution in [-0.2, 0) is 4.74 Å². The van der Waals surface area contributed by atoms with Gasteiger partial charge in [-0.05, 0) is 32.0 Å². The molecule has 0 radical (unpaired) electrons. The van der Waals surface area contributed by atoms with Crippen molar-refractivity contribution in [1.29, 1.82) is 0 Å². The van der Waals surface area contributed by atoms with Gasteiger partial charge in [-0.3, -0.25) is 19.6 Å². The quantitative estimate of drug-likeness (QED) is 0.571. The minimum Gasteiger partial charge on any atom is -0.390 e. The van der Waals surface area contributed by atoms with Gasteiger partial charge in [-0.15, -0.1) is 0 Å². The van der Waals surface area contributed by atoms with Crippen LogP contribution in [0.5, 0.6) is 0 Å². The first-order valence-electron chi connectivity index (χ1n) is 11.4. The van der Waals surface area contributed by atoms with E-state index in [0.29, 0.717) is 18.2 Å². The molecule has 31 heavy (non-hydrogen) atoms. The summed E-state index contributed by atoms with van der Waals surface area (Å²) in [5.74, 6) is -0.209. The molecule has 0 spiro atoms. The van der Waals surface area contributed by atoms with Crippen molar-refractivity contribution in [2.75, 3.05) is 52.5 Å². The first kappa shape index (κ1) is 23.6. The highest BCUT2D eigenvalue weighted by atomic mass is 16.5. The minimum atomic E-state index is -0.619. The number of ether oxygens (including phenoxy) is 1. The lowest BCUT2D eigenvalue weighted by Crippen LogP contribution is -2.49. The Labute approximate surface area is 185 Å². The van der Waals surface area contributed by atoms with E-state index < -0.39 is 6.10 Å². The van der Waals surface area contributed by atoms with E-state index in [9.17, 15) is 9.90 Å². The van der Waals surface area contributed by atoms with Gasteiger partial charge < -0.3 is 15.2 Å². The number of hydrogen-bond acceptors (Lipinski definition) is 6. The molecule has 0 saturated carbocycles. The van der Waals surface area contributed by atoms with Crippen LogP contribution in [0.1, 0.15) is 37.0 Å². The number of morpholine rings is 1. The summed E-state index contributed by atoms with van der Waals surface area (Å²) in [6.45, 7) is 10.5. The molecule has 1 amide bonds. The van der Waals surface area contributed by atoms with Crippen LogP contribution in [0.25, 0.3) is 10.9 Å². The number of unbranched alkanes of at least 4 members (excludes halogenated alkanes) is 1. The highest BCUT2D eigenvalue weighted by molar-refractivity contribution is 5.97. The Morgan fingerprint density at radius 1 is 1.29 bits per heavy atom. The summed E-state index contributed by atoms with van der Waals surface area (Å²) >= 11 is 0. The van der Waals surface area contributed by atoms with E-state index in [1.54, 1.807) is 6.20 Å².